The molecule has 2 rings (SSSR count). The van der Waals surface area contributed by atoms with Gasteiger partial charge in [0.25, 0.3) is 5.91 Å². The lowest BCUT2D eigenvalue weighted by atomic mass is 10.2. The number of nitrogens with two attached hydrogens (primary N) is 1. The molecule has 0 spiro atoms. The third kappa shape index (κ3) is 2.03. The van der Waals surface area contributed by atoms with Gasteiger partial charge in [0.2, 0.25) is 0 Å². The quantitative estimate of drug-likeness (QED) is 0.752. The zero-order valence-electron chi connectivity index (χ0n) is 8.73. The molecule has 5 nitrogen and oxygen atoms in total. The first-order chi connectivity index (χ1) is 7.66. The van der Waals surface area contributed by atoms with E-state index < -0.39 is 0 Å². The van der Waals surface area contributed by atoms with Crippen LogP contribution in [0.1, 0.15) is 16.1 Å². The number of anilines is 2. The number of rotatable bonds is 2. The minimum Gasteiger partial charge on any atom is -0.398 e. The second kappa shape index (κ2) is 4.06. The summed E-state index contributed by atoms with van der Waals surface area (Å²) in [6.07, 6.45) is 1.35. The molecular weight excluding hydrogens is 206 g/mol. The SMILES string of the molecule is Cc1ccc(NC(=O)c2ccon2)cc1N. The predicted molar refractivity (Wildman–Crippen MR) is 60.0 cm³/mol. The second-order valence-electron chi connectivity index (χ2n) is 3.41. The fourth-order valence-electron chi connectivity index (χ4n) is 1.24. The van der Waals surface area contributed by atoms with E-state index in [0.29, 0.717) is 11.4 Å². The monoisotopic (exact) mass is 217 g/mol. The van der Waals surface area contributed by atoms with E-state index >= 15 is 0 Å². The van der Waals surface area contributed by atoms with Gasteiger partial charge in [-0.15, -0.1) is 0 Å². The van der Waals surface area contributed by atoms with E-state index in [1.807, 2.05) is 13.0 Å². The largest absolute Gasteiger partial charge is 0.398 e. The van der Waals surface area contributed by atoms with E-state index in [1.165, 1.54) is 12.3 Å². The molecule has 1 aromatic carbocycles. The lowest BCUT2D eigenvalue weighted by Gasteiger charge is -2.05. The molecule has 0 atom stereocenters. The van der Waals surface area contributed by atoms with Crippen LogP contribution in [0.3, 0.4) is 0 Å². The van der Waals surface area contributed by atoms with Crippen LogP contribution in [0.15, 0.2) is 35.1 Å². The van der Waals surface area contributed by atoms with Crippen LogP contribution in [0.25, 0.3) is 0 Å². The Morgan fingerprint density at radius 1 is 1.44 bits per heavy atom. The number of nitrogen functional groups attached to an aromatic ring is 1. The first kappa shape index (κ1) is 10.2. The van der Waals surface area contributed by atoms with Gasteiger partial charge in [0.15, 0.2) is 5.69 Å². The first-order valence-electron chi connectivity index (χ1n) is 4.74. The van der Waals surface area contributed by atoms with Crippen LogP contribution in [-0.2, 0) is 0 Å². The molecule has 0 aliphatic heterocycles. The maximum absolute atomic E-state index is 11.6. The van der Waals surface area contributed by atoms with Gasteiger partial charge in [0.1, 0.15) is 6.26 Å². The summed E-state index contributed by atoms with van der Waals surface area (Å²) in [7, 11) is 0. The Hall–Kier alpha value is -2.30. The minimum absolute atomic E-state index is 0.235. The number of aryl methyl sites for hydroxylation is 1. The Morgan fingerprint density at radius 2 is 2.25 bits per heavy atom. The van der Waals surface area contributed by atoms with Crippen molar-refractivity contribution in [3.05, 3.63) is 41.8 Å². The van der Waals surface area contributed by atoms with E-state index in [-0.39, 0.29) is 11.6 Å². The first-order valence-corrected chi connectivity index (χ1v) is 4.74. The van der Waals surface area contributed by atoms with Crippen LogP contribution < -0.4 is 11.1 Å². The molecule has 3 N–H and O–H groups in total. The van der Waals surface area contributed by atoms with Crippen LogP contribution in [0.2, 0.25) is 0 Å². The summed E-state index contributed by atoms with van der Waals surface area (Å²) in [6.45, 7) is 1.90. The number of nitrogens with zero attached hydrogens (tertiary/aromatic N) is 1. The summed E-state index contributed by atoms with van der Waals surface area (Å²) in [5.41, 5.74) is 8.21. The molecule has 1 amide bonds. The van der Waals surface area contributed by atoms with Crippen LogP contribution in [0.5, 0.6) is 0 Å². The van der Waals surface area contributed by atoms with Gasteiger partial charge in [-0.2, -0.15) is 0 Å². The number of hydrogen-bond donors (Lipinski definition) is 2. The van der Waals surface area contributed by atoms with Crippen molar-refractivity contribution in [1.82, 2.24) is 5.16 Å². The van der Waals surface area contributed by atoms with Gasteiger partial charge in [-0.25, -0.2) is 0 Å². The van der Waals surface area contributed by atoms with E-state index in [4.69, 9.17) is 5.73 Å². The lowest BCUT2D eigenvalue weighted by molar-refractivity contribution is 0.101. The van der Waals surface area contributed by atoms with Crippen molar-refractivity contribution in [3.8, 4) is 0 Å². The maximum Gasteiger partial charge on any atom is 0.277 e. The second-order valence-corrected chi connectivity index (χ2v) is 3.41. The predicted octanol–water partition coefficient (Wildman–Crippen LogP) is 1.82. The summed E-state index contributed by atoms with van der Waals surface area (Å²) in [4.78, 5) is 11.6. The third-order valence-electron chi connectivity index (χ3n) is 2.21. The Bertz CT molecular complexity index is 506. The normalized spacial score (nSPS) is 10.1. The summed E-state index contributed by atoms with van der Waals surface area (Å²) < 4.78 is 4.58. The van der Waals surface area contributed by atoms with Crippen molar-refractivity contribution in [2.24, 2.45) is 0 Å². The fraction of sp³-hybridized carbons (Fsp3) is 0.0909. The molecule has 0 aliphatic rings. The number of hydrogen-bond acceptors (Lipinski definition) is 4. The zero-order valence-corrected chi connectivity index (χ0v) is 8.73. The zero-order chi connectivity index (χ0) is 11.5. The van der Waals surface area contributed by atoms with Gasteiger partial charge in [-0.1, -0.05) is 11.2 Å². The van der Waals surface area contributed by atoms with Crippen molar-refractivity contribution >= 4 is 17.3 Å². The lowest BCUT2D eigenvalue weighted by Crippen LogP contribution is -2.12. The summed E-state index contributed by atoms with van der Waals surface area (Å²) in [6, 6.07) is 6.82. The highest BCUT2D eigenvalue weighted by atomic mass is 16.5. The molecule has 5 heteroatoms. The molecular formula is C11H11N3O2. The molecule has 0 aliphatic carbocycles. The van der Waals surface area contributed by atoms with Gasteiger partial charge < -0.3 is 15.6 Å². The summed E-state index contributed by atoms with van der Waals surface area (Å²) in [5, 5.41) is 6.20. The van der Waals surface area contributed by atoms with Gasteiger partial charge in [0, 0.05) is 17.4 Å². The number of carbonyl (C=O) groups excluding carboxylic acids is 1. The Balaban J connectivity index is 2.15. The van der Waals surface area contributed by atoms with Crippen LogP contribution in [0, 0.1) is 6.92 Å². The van der Waals surface area contributed by atoms with E-state index in [2.05, 4.69) is 15.0 Å². The number of aromatic nitrogens is 1. The van der Waals surface area contributed by atoms with Crippen LogP contribution in [0.4, 0.5) is 11.4 Å². The third-order valence-corrected chi connectivity index (χ3v) is 2.21. The molecule has 0 saturated heterocycles. The molecule has 82 valence electrons. The molecule has 0 unspecified atom stereocenters. The highest BCUT2D eigenvalue weighted by molar-refractivity contribution is 6.02. The number of carbonyl (C=O) groups is 1. The molecule has 0 radical (unpaired) electrons. The van der Waals surface area contributed by atoms with Gasteiger partial charge in [-0.05, 0) is 24.6 Å². The molecule has 0 fully saturated rings. The van der Waals surface area contributed by atoms with E-state index in [0.717, 1.165) is 5.56 Å². The molecule has 2 aromatic rings. The smallest absolute Gasteiger partial charge is 0.277 e. The average Bonchev–Trinajstić information content (AvgIpc) is 2.77. The summed E-state index contributed by atoms with van der Waals surface area (Å²) >= 11 is 0. The molecule has 1 aromatic heterocycles. The van der Waals surface area contributed by atoms with Crippen molar-refractivity contribution in [1.29, 1.82) is 0 Å². The Morgan fingerprint density at radius 3 is 2.88 bits per heavy atom. The fourth-order valence-corrected chi connectivity index (χ4v) is 1.24. The Labute approximate surface area is 92.2 Å². The minimum atomic E-state index is -0.322. The van der Waals surface area contributed by atoms with Gasteiger partial charge in [0.05, 0.1) is 0 Å². The van der Waals surface area contributed by atoms with E-state index in [1.54, 1.807) is 12.1 Å². The topological polar surface area (TPSA) is 81.2 Å². The highest BCUT2D eigenvalue weighted by Crippen LogP contribution is 2.17. The van der Waals surface area contributed by atoms with Crippen molar-refractivity contribution < 1.29 is 9.32 Å². The van der Waals surface area contributed by atoms with Gasteiger partial charge in [-0.3, -0.25) is 4.79 Å². The van der Waals surface area contributed by atoms with Crippen LogP contribution >= 0.6 is 0 Å². The number of nitrogens with one attached hydrogen (secondary N) is 1. The maximum atomic E-state index is 11.6. The van der Waals surface area contributed by atoms with Crippen molar-refractivity contribution in [3.63, 3.8) is 0 Å². The number of amides is 1. The molecule has 0 saturated carbocycles. The molecule has 0 bridgehead atoms. The molecule has 16 heavy (non-hydrogen) atoms. The summed E-state index contributed by atoms with van der Waals surface area (Å²) in [5.74, 6) is -0.322. The van der Waals surface area contributed by atoms with Gasteiger partial charge >= 0.3 is 0 Å². The molecule has 1 heterocycles. The van der Waals surface area contributed by atoms with E-state index in [9.17, 15) is 4.79 Å². The van der Waals surface area contributed by atoms with Crippen molar-refractivity contribution in [2.45, 2.75) is 6.92 Å². The van der Waals surface area contributed by atoms with Crippen LogP contribution in [-0.4, -0.2) is 11.1 Å². The average molecular weight is 217 g/mol. The number of benzene rings is 1. The Kier molecular flexibility index (Phi) is 2.59. The standard InChI is InChI=1S/C11H11N3O2/c1-7-2-3-8(6-9(7)12)13-11(15)10-4-5-16-14-10/h2-6H,12H2,1H3,(H,13,15). The highest BCUT2D eigenvalue weighted by Gasteiger charge is 2.09. The van der Waals surface area contributed by atoms with Crippen molar-refractivity contribution in [2.75, 3.05) is 11.1 Å².